The number of nitrogens with one attached hydrogen (secondary N) is 3. The number of aromatic nitrogens is 1. The molecule has 0 radical (unpaired) electrons. The molecular formula is C40H48N4O7S. The highest BCUT2D eigenvalue weighted by atomic mass is 32.2. The van der Waals surface area contributed by atoms with E-state index in [0.29, 0.717) is 18.6 Å². The highest BCUT2D eigenvalue weighted by Crippen LogP contribution is 2.31. The van der Waals surface area contributed by atoms with Gasteiger partial charge in [-0.2, -0.15) is 0 Å². The summed E-state index contributed by atoms with van der Waals surface area (Å²) in [6.07, 6.45) is 4.50. The fourth-order valence-electron chi connectivity index (χ4n) is 6.16. The summed E-state index contributed by atoms with van der Waals surface area (Å²) in [7, 11) is -3.86. The van der Waals surface area contributed by atoms with Crippen LogP contribution >= 0.6 is 0 Å². The molecule has 52 heavy (non-hydrogen) atoms. The first kappa shape index (κ1) is 38.4. The van der Waals surface area contributed by atoms with E-state index in [4.69, 9.17) is 9.47 Å². The van der Waals surface area contributed by atoms with Gasteiger partial charge in [0.1, 0.15) is 17.9 Å². The van der Waals surface area contributed by atoms with Crippen LogP contribution in [0.3, 0.4) is 0 Å². The van der Waals surface area contributed by atoms with Gasteiger partial charge in [-0.05, 0) is 55.9 Å². The van der Waals surface area contributed by atoms with Gasteiger partial charge in [0, 0.05) is 35.5 Å². The number of amides is 3. The molecular weight excluding hydrogens is 681 g/mol. The molecule has 5 atom stereocenters. The van der Waals surface area contributed by atoms with Crippen LogP contribution in [-0.2, 0) is 41.8 Å². The summed E-state index contributed by atoms with van der Waals surface area (Å²) in [5.41, 5.74) is 2.04. The Morgan fingerprint density at radius 2 is 1.50 bits per heavy atom. The van der Waals surface area contributed by atoms with Crippen LogP contribution in [0, 0.1) is 5.92 Å². The lowest BCUT2D eigenvalue weighted by atomic mass is 9.95. The molecule has 12 heteroatoms. The van der Waals surface area contributed by atoms with Crippen molar-refractivity contribution in [2.45, 2.75) is 82.0 Å². The largest absolute Gasteiger partial charge is 0.483 e. The number of pyridine rings is 1. The highest BCUT2D eigenvalue weighted by Gasteiger charge is 2.49. The minimum Gasteiger partial charge on any atom is -0.483 e. The van der Waals surface area contributed by atoms with Crippen LogP contribution in [0.25, 0.3) is 10.8 Å². The van der Waals surface area contributed by atoms with Gasteiger partial charge in [-0.3, -0.25) is 19.4 Å². The number of rotatable bonds is 17. The summed E-state index contributed by atoms with van der Waals surface area (Å²) < 4.78 is 36.2. The molecule has 3 N–H and O–H groups in total. The van der Waals surface area contributed by atoms with Gasteiger partial charge in [-0.25, -0.2) is 8.42 Å². The maximum Gasteiger partial charge on any atom is 0.258 e. The molecule has 0 bridgehead atoms. The quantitative estimate of drug-likeness (QED) is 0.137. The molecule has 0 unspecified atom stereocenters. The SMILES string of the molecule is CC(C)[C@H](Cc1ccccc1)NC(=O)C[C@@H]1O[C@@H]1[C@H](Cc1ccccc1)NC(=O)[C@@H](NC(=O)COc1cccc2cnccc12)C(C)(C)S(C)(=O)=O. The first-order chi connectivity index (χ1) is 24.7. The Morgan fingerprint density at radius 1 is 0.846 bits per heavy atom. The number of sulfone groups is 1. The lowest BCUT2D eigenvalue weighted by Gasteiger charge is -2.33. The average molecular weight is 729 g/mol. The number of epoxide rings is 1. The number of hydrogen-bond donors (Lipinski definition) is 3. The number of ether oxygens (including phenoxy) is 2. The molecule has 276 valence electrons. The Labute approximate surface area is 305 Å². The molecule has 2 heterocycles. The summed E-state index contributed by atoms with van der Waals surface area (Å²) >= 11 is 0. The summed E-state index contributed by atoms with van der Waals surface area (Å²) in [6.45, 7) is 6.48. The standard InChI is InChI=1S/C40H48N4O7S/c1-26(2)31(21-27-13-8-6-9-14-27)42-35(45)23-34-37(51-34)32(22-28-15-10-7-11-16-28)43-39(47)38(40(3,4)52(5,48)49)44-36(46)25-50-33-18-12-17-29-24-41-20-19-30(29)33/h6-20,24,26,31-32,34,37-38H,21-23,25H2,1-5H3,(H,42,45)(H,43,47)(H,44,46)/t31-,32-,34-,37+,38+/m0/s1. The summed E-state index contributed by atoms with van der Waals surface area (Å²) in [6, 6.07) is 24.4. The normalized spacial score (nSPS) is 17.5. The molecule has 4 aromatic rings. The van der Waals surface area contributed by atoms with E-state index < -0.39 is 57.3 Å². The van der Waals surface area contributed by atoms with Gasteiger partial charge in [-0.15, -0.1) is 0 Å². The van der Waals surface area contributed by atoms with E-state index in [1.807, 2.05) is 66.7 Å². The number of carbonyl (C=O) groups excluding carboxylic acids is 3. The molecule has 1 aliphatic rings. The van der Waals surface area contributed by atoms with Crippen molar-refractivity contribution in [1.29, 1.82) is 0 Å². The summed E-state index contributed by atoms with van der Waals surface area (Å²) in [4.78, 5) is 44.8. The number of fused-ring (bicyclic) bond motifs is 1. The number of benzene rings is 3. The molecule has 3 aromatic carbocycles. The first-order valence-corrected chi connectivity index (χ1v) is 19.4. The average Bonchev–Trinajstić information content (AvgIpc) is 3.88. The molecule has 0 spiro atoms. The second-order valence-electron chi connectivity index (χ2n) is 14.3. The van der Waals surface area contributed by atoms with Gasteiger partial charge in [0.05, 0.1) is 23.3 Å². The van der Waals surface area contributed by atoms with Crippen molar-refractivity contribution in [3.8, 4) is 5.75 Å². The maximum atomic E-state index is 14.1. The van der Waals surface area contributed by atoms with Crippen LogP contribution in [0.15, 0.2) is 97.3 Å². The maximum absolute atomic E-state index is 14.1. The first-order valence-electron chi connectivity index (χ1n) is 17.5. The molecule has 1 fully saturated rings. The minimum atomic E-state index is -3.86. The Balaban J connectivity index is 1.29. The van der Waals surface area contributed by atoms with E-state index in [1.54, 1.807) is 30.6 Å². The molecule has 3 amide bonds. The van der Waals surface area contributed by atoms with Crippen molar-refractivity contribution in [3.05, 3.63) is 108 Å². The van der Waals surface area contributed by atoms with E-state index in [2.05, 4.69) is 34.8 Å². The third-order valence-electron chi connectivity index (χ3n) is 9.70. The zero-order valence-electron chi connectivity index (χ0n) is 30.2. The van der Waals surface area contributed by atoms with Gasteiger partial charge < -0.3 is 25.4 Å². The lowest BCUT2D eigenvalue weighted by Crippen LogP contribution is -2.62. The van der Waals surface area contributed by atoms with Crippen LogP contribution in [0.5, 0.6) is 5.75 Å². The van der Waals surface area contributed by atoms with Gasteiger partial charge >= 0.3 is 0 Å². The number of nitrogens with zero attached hydrogens (tertiary/aromatic N) is 1. The lowest BCUT2D eigenvalue weighted by molar-refractivity contribution is -0.131. The fourth-order valence-corrected chi connectivity index (χ4v) is 6.76. The number of carbonyl (C=O) groups is 3. The van der Waals surface area contributed by atoms with Crippen molar-refractivity contribution in [2.24, 2.45) is 5.92 Å². The topological polar surface area (TPSA) is 156 Å². The second-order valence-corrected chi connectivity index (χ2v) is 16.9. The molecule has 1 aliphatic heterocycles. The molecule has 1 saturated heterocycles. The number of hydrogen-bond acceptors (Lipinski definition) is 8. The Hall–Kier alpha value is -4.81. The molecule has 0 aliphatic carbocycles. The van der Waals surface area contributed by atoms with E-state index >= 15 is 0 Å². The van der Waals surface area contributed by atoms with Gasteiger partial charge in [-0.1, -0.05) is 86.6 Å². The third-order valence-corrected chi connectivity index (χ3v) is 11.8. The van der Waals surface area contributed by atoms with E-state index in [0.717, 1.165) is 28.2 Å². The fraction of sp³-hybridized carbons (Fsp3) is 0.400. The third kappa shape index (κ3) is 9.95. The van der Waals surface area contributed by atoms with Gasteiger partial charge in [0.25, 0.3) is 5.91 Å². The van der Waals surface area contributed by atoms with Crippen molar-refractivity contribution in [3.63, 3.8) is 0 Å². The van der Waals surface area contributed by atoms with E-state index in [9.17, 15) is 22.8 Å². The van der Waals surface area contributed by atoms with Gasteiger partial charge in [0.15, 0.2) is 16.4 Å². The zero-order valence-corrected chi connectivity index (χ0v) is 31.1. The van der Waals surface area contributed by atoms with Crippen molar-refractivity contribution < 1.29 is 32.3 Å². The Kier molecular flexibility index (Phi) is 12.3. The van der Waals surface area contributed by atoms with Crippen LogP contribution in [0.1, 0.15) is 45.2 Å². The van der Waals surface area contributed by atoms with Crippen LogP contribution in [-0.4, -0.2) is 79.1 Å². The molecule has 0 saturated carbocycles. The van der Waals surface area contributed by atoms with Crippen LogP contribution < -0.4 is 20.7 Å². The summed E-state index contributed by atoms with van der Waals surface area (Å²) in [5.74, 6) is -0.873. The molecule has 5 rings (SSSR count). The van der Waals surface area contributed by atoms with E-state index in [-0.39, 0.29) is 24.3 Å². The second kappa shape index (κ2) is 16.7. The van der Waals surface area contributed by atoms with Crippen LogP contribution in [0.2, 0.25) is 0 Å². The van der Waals surface area contributed by atoms with Crippen molar-refractivity contribution >= 4 is 38.3 Å². The predicted octanol–water partition coefficient (Wildman–Crippen LogP) is 4.19. The molecule has 11 nitrogen and oxygen atoms in total. The Bertz CT molecular complexity index is 1950. The highest BCUT2D eigenvalue weighted by molar-refractivity contribution is 7.92. The summed E-state index contributed by atoms with van der Waals surface area (Å²) in [5, 5.41) is 10.4. The predicted molar refractivity (Wildman–Crippen MR) is 200 cm³/mol. The smallest absolute Gasteiger partial charge is 0.258 e. The minimum absolute atomic E-state index is 0.0730. The van der Waals surface area contributed by atoms with Gasteiger partial charge in [0.2, 0.25) is 11.8 Å². The van der Waals surface area contributed by atoms with Crippen molar-refractivity contribution in [2.75, 3.05) is 12.9 Å². The Morgan fingerprint density at radius 3 is 2.13 bits per heavy atom. The van der Waals surface area contributed by atoms with Crippen molar-refractivity contribution in [1.82, 2.24) is 20.9 Å². The molecule has 1 aromatic heterocycles. The zero-order chi connectivity index (χ0) is 37.5. The van der Waals surface area contributed by atoms with Crippen LogP contribution in [0.4, 0.5) is 0 Å². The van der Waals surface area contributed by atoms with E-state index in [1.165, 1.54) is 13.8 Å². The monoisotopic (exact) mass is 728 g/mol.